The second kappa shape index (κ2) is 21.2. The fourth-order valence-corrected chi connectivity index (χ4v) is 6.81. The number of amides is 4. The summed E-state index contributed by atoms with van der Waals surface area (Å²) in [6.07, 6.45) is 4.32. The Kier molecular flexibility index (Phi) is 15.7. The van der Waals surface area contributed by atoms with Crippen LogP contribution >= 0.6 is 46.0 Å². The summed E-state index contributed by atoms with van der Waals surface area (Å²) in [6.45, 7) is 0. The number of hydrogen-bond donors (Lipinski definition) is 4. The van der Waals surface area contributed by atoms with Crippen LogP contribution in [0.1, 0.15) is 12.8 Å². The maximum Gasteiger partial charge on any atom is 0.235 e. The molecule has 0 aliphatic rings. The Morgan fingerprint density at radius 2 is 0.947 bits per heavy atom. The number of carbonyl (C=O) groups is 4. The highest BCUT2D eigenvalue weighted by atomic mass is 35.5. The standard InChI is InChI=1S/C20H19N3O4S2.C19H16ClN3O4S/c1-26-15-9-5-6-10-16(15)27-14-8-4-3-7-13(14)22-17(24)11-18(25)23-20-21-12-19(28-2)29-20;1-26-14-8-4-5-9-15(14)27-13-7-3-2-6-12(13)22-17(24)10-18(25)23-19-21-11-16(20)28-19/h3-10,12H,11H2,1-2H3,(H,22,24)(H,21,23,25);2-9,11H,10H2,1H3,(H,22,24)(H,21,23,25). The first-order chi connectivity index (χ1) is 27.6. The molecule has 294 valence electrons. The average Bonchev–Trinajstić information content (AvgIpc) is 3.84. The molecule has 4 amide bonds. The van der Waals surface area contributed by atoms with E-state index in [1.54, 1.807) is 93.2 Å². The van der Waals surface area contributed by atoms with Crippen molar-refractivity contribution in [2.45, 2.75) is 17.1 Å². The summed E-state index contributed by atoms with van der Waals surface area (Å²) in [7, 11) is 3.10. The Labute approximate surface area is 344 Å². The molecular weight excluding hydrogens is 812 g/mol. The number of ether oxygens (including phenoxy) is 4. The molecule has 0 atom stereocenters. The maximum atomic E-state index is 12.3. The lowest BCUT2D eigenvalue weighted by molar-refractivity contribution is -0.125. The molecule has 14 nitrogen and oxygen atoms in total. The quantitative estimate of drug-likeness (QED) is 0.0572. The third kappa shape index (κ3) is 13.0. The minimum atomic E-state index is -0.494. The predicted octanol–water partition coefficient (Wildman–Crippen LogP) is 9.20. The minimum Gasteiger partial charge on any atom is -0.493 e. The van der Waals surface area contributed by atoms with Gasteiger partial charge in [-0.1, -0.05) is 82.8 Å². The molecule has 57 heavy (non-hydrogen) atoms. The van der Waals surface area contributed by atoms with E-state index in [1.165, 1.54) is 29.3 Å². The first kappa shape index (κ1) is 42.0. The third-order valence-corrected chi connectivity index (χ3v) is 10.2. The number of para-hydroxylation sites is 8. The minimum absolute atomic E-state index is 0.336. The molecule has 2 aromatic heterocycles. The summed E-state index contributed by atoms with van der Waals surface area (Å²) in [5.74, 6) is 1.14. The number of benzene rings is 4. The van der Waals surface area contributed by atoms with Gasteiger partial charge in [-0.15, -0.1) is 11.8 Å². The third-order valence-electron chi connectivity index (χ3n) is 7.20. The van der Waals surface area contributed by atoms with E-state index in [0.29, 0.717) is 60.5 Å². The number of methoxy groups -OCH3 is 2. The molecule has 6 rings (SSSR count). The summed E-state index contributed by atoms with van der Waals surface area (Å²) in [5.41, 5.74) is 0.888. The van der Waals surface area contributed by atoms with Crippen molar-refractivity contribution in [1.82, 2.24) is 9.97 Å². The first-order valence-corrected chi connectivity index (χ1v) is 20.0. The fraction of sp³-hybridized carbons (Fsp3) is 0.128. The van der Waals surface area contributed by atoms with Gasteiger partial charge in [-0.05, 0) is 54.8 Å². The van der Waals surface area contributed by atoms with Crippen LogP contribution in [0.25, 0.3) is 0 Å². The van der Waals surface area contributed by atoms with Crippen LogP contribution in [0.15, 0.2) is 114 Å². The summed E-state index contributed by atoms with van der Waals surface area (Å²) >= 11 is 9.77. The van der Waals surface area contributed by atoms with E-state index in [4.69, 9.17) is 30.5 Å². The van der Waals surface area contributed by atoms with Gasteiger partial charge in [0.15, 0.2) is 44.8 Å². The SMILES string of the molecule is COc1ccccc1Oc1ccccc1NC(=O)CC(=O)Nc1ncc(Cl)s1.COc1ccccc1Oc1ccccc1NC(=O)CC(=O)Nc1ncc(SC)s1. The molecule has 0 radical (unpaired) electrons. The van der Waals surface area contributed by atoms with Gasteiger partial charge in [0.1, 0.15) is 17.2 Å². The number of rotatable bonds is 15. The lowest BCUT2D eigenvalue weighted by Crippen LogP contribution is -2.21. The molecule has 0 fully saturated rings. The van der Waals surface area contributed by atoms with E-state index in [1.807, 2.05) is 30.5 Å². The van der Waals surface area contributed by atoms with Crippen molar-refractivity contribution in [3.8, 4) is 34.5 Å². The van der Waals surface area contributed by atoms with Crippen molar-refractivity contribution < 1.29 is 38.1 Å². The highest BCUT2D eigenvalue weighted by Gasteiger charge is 2.17. The molecule has 0 spiro atoms. The molecule has 6 aromatic rings. The number of thioether (sulfide) groups is 1. The van der Waals surface area contributed by atoms with Crippen LogP contribution in [0, 0.1) is 0 Å². The van der Waals surface area contributed by atoms with Crippen LogP contribution in [0.5, 0.6) is 34.5 Å². The zero-order valence-corrected chi connectivity index (χ0v) is 33.8. The van der Waals surface area contributed by atoms with Crippen molar-refractivity contribution in [3.63, 3.8) is 0 Å². The number of halogens is 1. The van der Waals surface area contributed by atoms with Gasteiger partial charge in [0.2, 0.25) is 23.6 Å². The fourth-order valence-electron chi connectivity index (χ4n) is 4.69. The number of nitrogens with one attached hydrogen (secondary N) is 4. The summed E-state index contributed by atoms with van der Waals surface area (Å²) < 4.78 is 23.8. The Balaban J connectivity index is 0.000000218. The number of anilines is 4. The monoisotopic (exact) mass is 846 g/mol. The van der Waals surface area contributed by atoms with Gasteiger partial charge in [-0.25, -0.2) is 9.97 Å². The maximum absolute atomic E-state index is 12.3. The highest BCUT2D eigenvalue weighted by molar-refractivity contribution is 8.00. The van der Waals surface area contributed by atoms with Crippen molar-refractivity contribution >= 4 is 91.3 Å². The highest BCUT2D eigenvalue weighted by Crippen LogP contribution is 2.36. The molecule has 4 aromatic carbocycles. The average molecular weight is 847 g/mol. The topological polar surface area (TPSA) is 179 Å². The summed E-state index contributed by atoms with van der Waals surface area (Å²) in [5, 5.41) is 11.4. The molecule has 0 saturated heterocycles. The van der Waals surface area contributed by atoms with Gasteiger partial charge in [0, 0.05) is 0 Å². The predicted molar refractivity (Wildman–Crippen MR) is 224 cm³/mol. The molecule has 0 bridgehead atoms. The smallest absolute Gasteiger partial charge is 0.235 e. The van der Waals surface area contributed by atoms with Gasteiger partial charge < -0.3 is 40.2 Å². The van der Waals surface area contributed by atoms with Gasteiger partial charge in [-0.3, -0.25) is 19.2 Å². The number of aromatic nitrogens is 2. The molecule has 0 aliphatic heterocycles. The molecule has 2 heterocycles. The largest absolute Gasteiger partial charge is 0.493 e. The second-order valence-corrected chi connectivity index (χ2v) is 15.0. The van der Waals surface area contributed by atoms with Crippen LogP contribution in [0.3, 0.4) is 0 Å². The second-order valence-electron chi connectivity index (χ2n) is 11.2. The van der Waals surface area contributed by atoms with Crippen LogP contribution in [0.2, 0.25) is 4.34 Å². The molecule has 0 saturated carbocycles. The van der Waals surface area contributed by atoms with Crippen molar-refractivity contribution in [2.75, 3.05) is 41.7 Å². The zero-order chi connectivity index (χ0) is 40.6. The van der Waals surface area contributed by atoms with Crippen molar-refractivity contribution in [2.24, 2.45) is 0 Å². The van der Waals surface area contributed by atoms with Gasteiger partial charge in [0.05, 0.1) is 42.2 Å². The molecule has 18 heteroatoms. The van der Waals surface area contributed by atoms with E-state index >= 15 is 0 Å². The Bertz CT molecular complexity index is 2320. The summed E-state index contributed by atoms with van der Waals surface area (Å²) in [4.78, 5) is 56.7. The molecule has 4 N–H and O–H groups in total. The van der Waals surface area contributed by atoms with Crippen LogP contribution in [-0.4, -0.2) is 54.1 Å². The van der Waals surface area contributed by atoms with E-state index in [0.717, 1.165) is 15.5 Å². The van der Waals surface area contributed by atoms with Gasteiger partial charge in [0.25, 0.3) is 0 Å². The summed E-state index contributed by atoms with van der Waals surface area (Å²) in [6, 6.07) is 28.3. The number of thiazole rings is 2. The van der Waals surface area contributed by atoms with E-state index in [-0.39, 0.29) is 12.8 Å². The van der Waals surface area contributed by atoms with Gasteiger partial charge >= 0.3 is 0 Å². The van der Waals surface area contributed by atoms with E-state index < -0.39 is 23.6 Å². The molecule has 0 unspecified atom stereocenters. The van der Waals surface area contributed by atoms with Crippen LogP contribution < -0.4 is 40.2 Å². The lowest BCUT2D eigenvalue weighted by Gasteiger charge is -2.14. The zero-order valence-electron chi connectivity index (χ0n) is 30.6. The number of hydrogen-bond acceptors (Lipinski definition) is 13. The van der Waals surface area contributed by atoms with Gasteiger partial charge in [-0.2, -0.15) is 0 Å². The normalized spacial score (nSPS) is 10.2. The Morgan fingerprint density at radius 3 is 1.35 bits per heavy atom. The number of carbonyl (C=O) groups excluding carboxylic acids is 4. The Hall–Kier alpha value is -6.14. The van der Waals surface area contributed by atoms with E-state index in [2.05, 4.69) is 31.2 Å². The van der Waals surface area contributed by atoms with Crippen molar-refractivity contribution in [1.29, 1.82) is 0 Å². The van der Waals surface area contributed by atoms with Crippen molar-refractivity contribution in [3.05, 3.63) is 114 Å². The lowest BCUT2D eigenvalue weighted by atomic mass is 10.2. The Morgan fingerprint density at radius 1 is 0.561 bits per heavy atom. The van der Waals surface area contributed by atoms with Crippen LogP contribution in [0.4, 0.5) is 21.6 Å². The van der Waals surface area contributed by atoms with Crippen LogP contribution in [-0.2, 0) is 19.2 Å². The molecule has 0 aliphatic carbocycles. The number of nitrogens with zero attached hydrogens (tertiary/aromatic N) is 2. The first-order valence-electron chi connectivity index (χ1n) is 16.7. The van der Waals surface area contributed by atoms with E-state index in [9.17, 15) is 19.2 Å². The molecular formula is C39H35ClN6O8S3.